The van der Waals surface area contributed by atoms with Crippen molar-refractivity contribution in [3.05, 3.63) is 32.3 Å². The lowest BCUT2D eigenvalue weighted by Crippen LogP contribution is -1.90. The molecule has 2 aromatic rings. The molecule has 2 rings (SSSR count). The standard InChI is InChI=1S/C7H4IN3O2/c8-4-1-10-5-2-9-3-6(7(4)5)11(12)13/h1-3,10H. The van der Waals surface area contributed by atoms with Crippen molar-refractivity contribution in [2.24, 2.45) is 0 Å². The Morgan fingerprint density at radius 3 is 3.00 bits per heavy atom. The first kappa shape index (κ1) is 8.42. The van der Waals surface area contributed by atoms with Crippen molar-refractivity contribution in [3.63, 3.8) is 0 Å². The Bertz CT molecular complexity index is 480. The molecule has 0 aliphatic rings. The molecule has 2 aromatic heterocycles. The monoisotopic (exact) mass is 289 g/mol. The molecule has 0 fully saturated rings. The van der Waals surface area contributed by atoms with E-state index in [2.05, 4.69) is 9.97 Å². The molecular weight excluding hydrogens is 285 g/mol. The lowest BCUT2D eigenvalue weighted by Gasteiger charge is -1.92. The van der Waals surface area contributed by atoms with Gasteiger partial charge in [0.1, 0.15) is 6.20 Å². The van der Waals surface area contributed by atoms with Crippen LogP contribution in [0.15, 0.2) is 18.6 Å². The molecule has 0 saturated carbocycles. The van der Waals surface area contributed by atoms with E-state index in [1.165, 1.54) is 6.20 Å². The molecule has 0 unspecified atom stereocenters. The second-order valence-corrected chi connectivity index (χ2v) is 3.64. The van der Waals surface area contributed by atoms with Crippen molar-refractivity contribution < 1.29 is 4.92 Å². The number of rotatable bonds is 1. The van der Waals surface area contributed by atoms with E-state index in [0.29, 0.717) is 10.9 Å². The third-order valence-corrected chi connectivity index (χ3v) is 2.57. The first-order valence-corrected chi connectivity index (χ1v) is 4.53. The van der Waals surface area contributed by atoms with Crippen LogP contribution in [0.3, 0.4) is 0 Å². The lowest BCUT2D eigenvalue weighted by atomic mass is 10.3. The maximum Gasteiger partial charge on any atom is 0.297 e. The Morgan fingerprint density at radius 2 is 2.31 bits per heavy atom. The van der Waals surface area contributed by atoms with Crippen molar-refractivity contribution in [2.75, 3.05) is 0 Å². The number of H-pyrrole nitrogens is 1. The zero-order valence-electron chi connectivity index (χ0n) is 6.32. The third kappa shape index (κ3) is 1.26. The molecule has 2 heterocycles. The van der Waals surface area contributed by atoms with E-state index >= 15 is 0 Å². The number of nitrogens with zero attached hydrogens (tertiary/aromatic N) is 2. The molecule has 0 amide bonds. The van der Waals surface area contributed by atoms with Gasteiger partial charge >= 0.3 is 0 Å². The summed E-state index contributed by atoms with van der Waals surface area (Å²) in [7, 11) is 0. The van der Waals surface area contributed by atoms with Gasteiger partial charge in [-0.3, -0.25) is 15.1 Å². The van der Waals surface area contributed by atoms with E-state index < -0.39 is 4.92 Å². The van der Waals surface area contributed by atoms with Crippen LogP contribution in [0, 0.1) is 13.7 Å². The predicted octanol–water partition coefficient (Wildman–Crippen LogP) is 2.08. The van der Waals surface area contributed by atoms with Crippen molar-refractivity contribution in [1.29, 1.82) is 0 Å². The van der Waals surface area contributed by atoms with Gasteiger partial charge in [-0.2, -0.15) is 0 Å². The Morgan fingerprint density at radius 1 is 1.54 bits per heavy atom. The van der Waals surface area contributed by atoms with Gasteiger partial charge in [0.2, 0.25) is 0 Å². The molecule has 0 spiro atoms. The summed E-state index contributed by atoms with van der Waals surface area (Å²) in [6, 6.07) is 0. The predicted molar refractivity (Wildman–Crippen MR) is 55.5 cm³/mol. The summed E-state index contributed by atoms with van der Waals surface area (Å²) < 4.78 is 0.835. The van der Waals surface area contributed by atoms with Crippen LogP contribution in [0.25, 0.3) is 10.9 Å². The topological polar surface area (TPSA) is 71.8 Å². The molecule has 5 nitrogen and oxygen atoms in total. The summed E-state index contributed by atoms with van der Waals surface area (Å²) in [5.41, 5.74) is 0.738. The van der Waals surface area contributed by atoms with Crippen molar-refractivity contribution in [1.82, 2.24) is 9.97 Å². The largest absolute Gasteiger partial charge is 0.359 e. The summed E-state index contributed by atoms with van der Waals surface area (Å²) in [4.78, 5) is 16.9. The van der Waals surface area contributed by atoms with Crippen molar-refractivity contribution in [2.45, 2.75) is 0 Å². The van der Waals surface area contributed by atoms with Crippen LogP contribution in [0.2, 0.25) is 0 Å². The number of pyridine rings is 1. The summed E-state index contributed by atoms with van der Waals surface area (Å²) in [6.45, 7) is 0. The van der Waals surface area contributed by atoms with Crippen molar-refractivity contribution >= 4 is 39.2 Å². The van der Waals surface area contributed by atoms with Gasteiger partial charge in [0.15, 0.2) is 0 Å². The van der Waals surface area contributed by atoms with E-state index in [9.17, 15) is 10.1 Å². The number of nitrogens with one attached hydrogen (secondary N) is 1. The molecule has 0 aliphatic carbocycles. The maximum atomic E-state index is 10.6. The highest BCUT2D eigenvalue weighted by atomic mass is 127. The smallest absolute Gasteiger partial charge is 0.297 e. The number of halogens is 1. The summed E-state index contributed by atoms with van der Waals surface area (Å²) in [5, 5.41) is 11.2. The molecule has 66 valence electrons. The van der Waals surface area contributed by atoms with Gasteiger partial charge in [0.05, 0.1) is 22.0 Å². The minimum Gasteiger partial charge on any atom is -0.359 e. The minimum atomic E-state index is -0.425. The van der Waals surface area contributed by atoms with Crippen LogP contribution < -0.4 is 0 Å². The Hall–Kier alpha value is -1.18. The molecule has 13 heavy (non-hydrogen) atoms. The highest BCUT2D eigenvalue weighted by Crippen LogP contribution is 2.27. The SMILES string of the molecule is O=[N+]([O-])c1cncc2[nH]cc(I)c12. The molecule has 0 radical (unpaired) electrons. The van der Waals surface area contributed by atoms with E-state index in [-0.39, 0.29) is 5.69 Å². The maximum absolute atomic E-state index is 10.6. The molecule has 1 N–H and O–H groups in total. The lowest BCUT2D eigenvalue weighted by molar-refractivity contribution is -0.383. The van der Waals surface area contributed by atoms with E-state index in [0.717, 1.165) is 3.57 Å². The normalized spacial score (nSPS) is 10.5. The summed E-state index contributed by atoms with van der Waals surface area (Å²) >= 11 is 2.05. The van der Waals surface area contributed by atoms with Gasteiger partial charge < -0.3 is 4.98 Å². The number of nitro groups is 1. The zero-order valence-corrected chi connectivity index (χ0v) is 8.48. The summed E-state index contributed by atoms with van der Waals surface area (Å²) in [5.74, 6) is 0. The van der Waals surface area contributed by atoms with Gasteiger partial charge in [-0.15, -0.1) is 0 Å². The molecule has 0 bridgehead atoms. The van der Waals surface area contributed by atoms with E-state index in [1.54, 1.807) is 12.4 Å². The van der Waals surface area contributed by atoms with Gasteiger partial charge in [0.25, 0.3) is 5.69 Å². The van der Waals surface area contributed by atoms with Gasteiger partial charge in [-0.25, -0.2) is 0 Å². The molecule has 0 aliphatic heterocycles. The fourth-order valence-corrected chi connectivity index (χ4v) is 1.88. The third-order valence-electron chi connectivity index (χ3n) is 1.72. The Balaban J connectivity index is 2.88. The number of hydrogen-bond donors (Lipinski definition) is 1. The average molecular weight is 289 g/mol. The molecule has 0 atom stereocenters. The number of aromatic nitrogens is 2. The zero-order chi connectivity index (χ0) is 9.42. The quantitative estimate of drug-likeness (QED) is 0.496. The van der Waals surface area contributed by atoms with E-state index in [4.69, 9.17) is 0 Å². The first-order chi connectivity index (χ1) is 6.20. The van der Waals surface area contributed by atoms with Crippen molar-refractivity contribution in [3.8, 4) is 0 Å². The Kier molecular flexibility index (Phi) is 1.91. The molecule has 6 heteroatoms. The van der Waals surface area contributed by atoms with Crippen LogP contribution >= 0.6 is 22.6 Å². The van der Waals surface area contributed by atoms with Crippen LogP contribution in [-0.2, 0) is 0 Å². The van der Waals surface area contributed by atoms with Crippen LogP contribution in [0.1, 0.15) is 0 Å². The minimum absolute atomic E-state index is 0.0446. The average Bonchev–Trinajstić information content (AvgIpc) is 2.48. The fraction of sp³-hybridized carbons (Fsp3) is 0. The van der Waals surface area contributed by atoms with Crippen LogP contribution in [0.5, 0.6) is 0 Å². The molecular formula is C7H4IN3O2. The van der Waals surface area contributed by atoms with Gasteiger partial charge in [-0.1, -0.05) is 0 Å². The number of fused-ring (bicyclic) bond motifs is 1. The summed E-state index contributed by atoms with van der Waals surface area (Å²) in [6.07, 6.45) is 4.56. The highest BCUT2D eigenvalue weighted by Gasteiger charge is 2.15. The van der Waals surface area contributed by atoms with Crippen LogP contribution in [-0.4, -0.2) is 14.9 Å². The highest BCUT2D eigenvalue weighted by molar-refractivity contribution is 14.1. The van der Waals surface area contributed by atoms with Gasteiger partial charge in [0, 0.05) is 9.77 Å². The Labute approximate surface area is 86.5 Å². The second-order valence-electron chi connectivity index (χ2n) is 2.47. The first-order valence-electron chi connectivity index (χ1n) is 3.45. The second kappa shape index (κ2) is 2.95. The fourth-order valence-electron chi connectivity index (χ4n) is 1.16. The van der Waals surface area contributed by atoms with Crippen LogP contribution in [0.4, 0.5) is 5.69 Å². The number of hydrogen-bond acceptors (Lipinski definition) is 3. The molecule has 0 saturated heterocycles. The van der Waals surface area contributed by atoms with Gasteiger partial charge in [-0.05, 0) is 22.6 Å². The van der Waals surface area contributed by atoms with E-state index in [1.807, 2.05) is 22.6 Å². The molecule has 0 aromatic carbocycles. The number of aromatic amines is 1.